The zero-order valence-corrected chi connectivity index (χ0v) is 7.91. The van der Waals surface area contributed by atoms with Crippen molar-refractivity contribution in [2.45, 2.75) is 51.1 Å². The first-order valence-corrected chi connectivity index (χ1v) is 4.47. The van der Waals surface area contributed by atoms with E-state index >= 15 is 0 Å². The monoisotopic (exact) mass is 156 g/mol. The topological polar surface area (TPSA) is 38.0 Å². The molecule has 0 radical (unpaired) electrons. The highest BCUT2D eigenvalue weighted by atomic mass is 15.1. The molecule has 0 amide bonds. The second kappa shape index (κ2) is 2.76. The highest BCUT2D eigenvalue weighted by Crippen LogP contribution is 2.27. The lowest BCUT2D eigenvalue weighted by Gasteiger charge is -2.44. The molecule has 3 N–H and O–H groups in total. The Morgan fingerprint density at radius 3 is 2.27 bits per heavy atom. The standard InChI is InChI=1S/C9H20N2/c1-8(2)5-4-6-9(3,7-10)11-8/h11H,4-7,10H2,1-3H3. The molecule has 0 saturated carbocycles. The van der Waals surface area contributed by atoms with Gasteiger partial charge in [-0.2, -0.15) is 0 Å². The van der Waals surface area contributed by atoms with Gasteiger partial charge in [-0.1, -0.05) is 0 Å². The van der Waals surface area contributed by atoms with Crippen molar-refractivity contribution in [2.24, 2.45) is 5.73 Å². The summed E-state index contributed by atoms with van der Waals surface area (Å²) in [4.78, 5) is 0. The molecular weight excluding hydrogens is 136 g/mol. The quantitative estimate of drug-likeness (QED) is 0.599. The van der Waals surface area contributed by atoms with Crippen LogP contribution in [0.15, 0.2) is 0 Å². The van der Waals surface area contributed by atoms with E-state index in [1.54, 1.807) is 0 Å². The molecule has 0 bridgehead atoms. The number of hydrogen-bond donors (Lipinski definition) is 2. The Morgan fingerprint density at radius 1 is 1.27 bits per heavy atom. The number of piperidine rings is 1. The van der Waals surface area contributed by atoms with Gasteiger partial charge in [-0.3, -0.25) is 0 Å². The summed E-state index contributed by atoms with van der Waals surface area (Å²) >= 11 is 0. The molecule has 2 nitrogen and oxygen atoms in total. The molecule has 1 fully saturated rings. The molecule has 1 rings (SSSR count). The van der Waals surface area contributed by atoms with Crippen molar-refractivity contribution in [2.75, 3.05) is 6.54 Å². The third-order valence-electron chi connectivity index (χ3n) is 2.62. The highest BCUT2D eigenvalue weighted by molar-refractivity contribution is 4.96. The SMILES string of the molecule is CC1(C)CCCC(C)(CN)N1. The number of nitrogens with one attached hydrogen (secondary N) is 1. The molecule has 0 aromatic heterocycles. The Bertz CT molecular complexity index is 142. The second-order valence-electron chi connectivity index (χ2n) is 4.63. The Morgan fingerprint density at radius 2 is 1.91 bits per heavy atom. The third kappa shape index (κ3) is 2.17. The van der Waals surface area contributed by atoms with Crippen molar-refractivity contribution in [3.8, 4) is 0 Å². The van der Waals surface area contributed by atoms with Crippen molar-refractivity contribution in [3.05, 3.63) is 0 Å². The Balaban J connectivity index is 2.59. The summed E-state index contributed by atoms with van der Waals surface area (Å²) in [6, 6.07) is 0. The molecule has 1 aliphatic heterocycles. The van der Waals surface area contributed by atoms with Crippen LogP contribution in [0.1, 0.15) is 40.0 Å². The molecule has 1 atom stereocenters. The van der Waals surface area contributed by atoms with Crippen LogP contribution >= 0.6 is 0 Å². The highest BCUT2D eigenvalue weighted by Gasteiger charge is 2.33. The van der Waals surface area contributed by atoms with E-state index in [0.29, 0.717) is 0 Å². The maximum Gasteiger partial charge on any atom is 0.0280 e. The van der Waals surface area contributed by atoms with Crippen LogP contribution in [-0.4, -0.2) is 17.6 Å². The molecular formula is C9H20N2. The summed E-state index contributed by atoms with van der Waals surface area (Å²) < 4.78 is 0. The lowest BCUT2D eigenvalue weighted by atomic mass is 9.82. The zero-order valence-electron chi connectivity index (χ0n) is 7.91. The van der Waals surface area contributed by atoms with Gasteiger partial charge in [-0.15, -0.1) is 0 Å². The van der Waals surface area contributed by atoms with Crippen LogP contribution in [0.3, 0.4) is 0 Å². The fourth-order valence-electron chi connectivity index (χ4n) is 2.02. The first-order valence-electron chi connectivity index (χ1n) is 4.47. The lowest BCUT2D eigenvalue weighted by Crippen LogP contribution is -2.60. The predicted octanol–water partition coefficient (Wildman–Crippen LogP) is 1.26. The van der Waals surface area contributed by atoms with E-state index in [-0.39, 0.29) is 11.1 Å². The first kappa shape index (κ1) is 9.01. The maximum atomic E-state index is 5.70. The fourth-order valence-corrected chi connectivity index (χ4v) is 2.02. The zero-order chi connectivity index (χ0) is 8.54. The molecule has 0 aromatic rings. The van der Waals surface area contributed by atoms with E-state index < -0.39 is 0 Å². The van der Waals surface area contributed by atoms with Crippen LogP contribution in [-0.2, 0) is 0 Å². The summed E-state index contributed by atoms with van der Waals surface area (Å²) in [5, 5.41) is 3.59. The van der Waals surface area contributed by atoms with E-state index in [1.807, 2.05) is 0 Å². The van der Waals surface area contributed by atoms with Gasteiger partial charge in [0.2, 0.25) is 0 Å². The molecule has 1 heterocycles. The Kier molecular flexibility index (Phi) is 2.26. The van der Waals surface area contributed by atoms with Crippen molar-refractivity contribution in [1.29, 1.82) is 0 Å². The molecule has 1 unspecified atom stereocenters. The predicted molar refractivity (Wildman–Crippen MR) is 48.5 cm³/mol. The van der Waals surface area contributed by atoms with Crippen molar-refractivity contribution >= 4 is 0 Å². The van der Waals surface area contributed by atoms with Gasteiger partial charge in [0, 0.05) is 17.6 Å². The summed E-state index contributed by atoms with van der Waals surface area (Å²) in [6.45, 7) is 7.46. The van der Waals surface area contributed by atoms with E-state index in [2.05, 4.69) is 26.1 Å². The summed E-state index contributed by atoms with van der Waals surface area (Å²) in [5.41, 5.74) is 6.16. The average Bonchev–Trinajstić information content (AvgIpc) is 1.85. The minimum atomic E-state index is 0.182. The molecule has 0 aliphatic carbocycles. The molecule has 66 valence electrons. The van der Waals surface area contributed by atoms with E-state index in [1.165, 1.54) is 19.3 Å². The van der Waals surface area contributed by atoms with Gasteiger partial charge in [-0.25, -0.2) is 0 Å². The summed E-state index contributed by atoms with van der Waals surface area (Å²) in [6.07, 6.45) is 3.78. The van der Waals surface area contributed by atoms with Gasteiger partial charge in [0.05, 0.1) is 0 Å². The smallest absolute Gasteiger partial charge is 0.0280 e. The van der Waals surface area contributed by atoms with Gasteiger partial charge in [0.1, 0.15) is 0 Å². The third-order valence-corrected chi connectivity index (χ3v) is 2.62. The van der Waals surface area contributed by atoms with E-state index in [4.69, 9.17) is 5.73 Å². The van der Waals surface area contributed by atoms with Crippen LogP contribution in [0.25, 0.3) is 0 Å². The van der Waals surface area contributed by atoms with Gasteiger partial charge in [0.25, 0.3) is 0 Å². The summed E-state index contributed by atoms with van der Waals surface area (Å²) in [5.74, 6) is 0. The number of hydrogen-bond acceptors (Lipinski definition) is 2. The number of nitrogens with two attached hydrogens (primary N) is 1. The Hall–Kier alpha value is -0.0800. The first-order chi connectivity index (χ1) is 4.97. The normalized spacial score (nSPS) is 37.1. The lowest BCUT2D eigenvalue weighted by molar-refractivity contribution is 0.173. The van der Waals surface area contributed by atoms with Crippen LogP contribution in [0.4, 0.5) is 0 Å². The minimum Gasteiger partial charge on any atom is -0.329 e. The molecule has 2 heteroatoms. The summed E-state index contributed by atoms with van der Waals surface area (Å²) in [7, 11) is 0. The Labute approximate surface area is 69.5 Å². The van der Waals surface area contributed by atoms with Gasteiger partial charge < -0.3 is 11.1 Å². The van der Waals surface area contributed by atoms with E-state index in [0.717, 1.165) is 6.54 Å². The molecule has 0 spiro atoms. The van der Waals surface area contributed by atoms with Crippen molar-refractivity contribution in [3.63, 3.8) is 0 Å². The number of rotatable bonds is 1. The van der Waals surface area contributed by atoms with Crippen LogP contribution < -0.4 is 11.1 Å². The van der Waals surface area contributed by atoms with Crippen LogP contribution in [0, 0.1) is 0 Å². The van der Waals surface area contributed by atoms with Gasteiger partial charge >= 0.3 is 0 Å². The second-order valence-corrected chi connectivity index (χ2v) is 4.63. The molecule has 1 saturated heterocycles. The van der Waals surface area contributed by atoms with Crippen LogP contribution in [0.2, 0.25) is 0 Å². The van der Waals surface area contributed by atoms with Crippen molar-refractivity contribution < 1.29 is 0 Å². The van der Waals surface area contributed by atoms with E-state index in [9.17, 15) is 0 Å². The molecule has 11 heavy (non-hydrogen) atoms. The molecule has 1 aliphatic rings. The van der Waals surface area contributed by atoms with Gasteiger partial charge in [-0.05, 0) is 40.0 Å². The minimum absolute atomic E-state index is 0.182. The van der Waals surface area contributed by atoms with Gasteiger partial charge in [0.15, 0.2) is 0 Å². The maximum absolute atomic E-state index is 5.70. The molecule has 0 aromatic carbocycles. The average molecular weight is 156 g/mol. The van der Waals surface area contributed by atoms with Crippen molar-refractivity contribution in [1.82, 2.24) is 5.32 Å². The van der Waals surface area contributed by atoms with Crippen LogP contribution in [0.5, 0.6) is 0 Å². The largest absolute Gasteiger partial charge is 0.329 e. The fraction of sp³-hybridized carbons (Fsp3) is 1.00.